The maximum atomic E-state index is 11.8. The van der Waals surface area contributed by atoms with E-state index in [-0.39, 0.29) is 89.2 Å². The molecule has 2 fully saturated rings. The number of Topliss-reactive ketones (excluding diaryl/α,β-unsaturated/α-hetero) is 6. The summed E-state index contributed by atoms with van der Waals surface area (Å²) in [5, 5.41) is 24.8. The van der Waals surface area contributed by atoms with Gasteiger partial charge in [0.1, 0.15) is 23.3 Å². The quantitative estimate of drug-likeness (QED) is 0.0103. The van der Waals surface area contributed by atoms with Crippen molar-refractivity contribution in [3.05, 3.63) is 237 Å². The molecular formula is C84H95N17O17S. The van der Waals surface area contributed by atoms with Crippen LogP contribution in [0.15, 0.2) is 191 Å². The summed E-state index contributed by atoms with van der Waals surface area (Å²) in [5.74, 6) is -1.99. The van der Waals surface area contributed by atoms with Crippen molar-refractivity contribution in [2.24, 2.45) is 20.4 Å². The molecule has 0 spiro atoms. The zero-order valence-corrected chi connectivity index (χ0v) is 69.7. The molecule has 7 N–H and O–H groups in total. The Balaban J connectivity index is 0.000000362. The maximum absolute atomic E-state index is 11.8. The molecule has 10 rings (SSSR count). The minimum absolute atomic E-state index is 0.0186. The van der Waals surface area contributed by atoms with E-state index in [1.165, 1.54) is 103 Å². The van der Waals surface area contributed by atoms with Gasteiger partial charge in [-0.3, -0.25) is 84.0 Å². The number of amides is 7. The average molecular weight is 1650 g/mol. The second-order valence-electron chi connectivity index (χ2n) is 25.4. The lowest BCUT2D eigenvalue weighted by Crippen LogP contribution is -2.32. The smallest absolute Gasteiger partial charge is 0.355 e. The van der Waals surface area contributed by atoms with E-state index in [1.54, 1.807) is 124 Å². The first-order chi connectivity index (χ1) is 56.4. The van der Waals surface area contributed by atoms with Gasteiger partial charge < -0.3 is 25.6 Å². The minimum Gasteiger partial charge on any atom is -0.355 e. The third kappa shape index (κ3) is 35.3. The number of hydrogen-bond donors (Lipinski definition) is 8. The Bertz CT molecular complexity index is 4770. The van der Waals surface area contributed by atoms with E-state index in [2.05, 4.69) is 90.6 Å². The molecule has 2 saturated heterocycles. The van der Waals surface area contributed by atoms with Gasteiger partial charge in [0.05, 0.1) is 33.5 Å². The van der Waals surface area contributed by atoms with Crippen LogP contribution in [0.1, 0.15) is 235 Å². The molecule has 4 aromatic carbocycles. The van der Waals surface area contributed by atoms with E-state index >= 15 is 0 Å². The first kappa shape index (κ1) is 98.6. The summed E-state index contributed by atoms with van der Waals surface area (Å²) in [5.41, 5.74) is 20.9. The van der Waals surface area contributed by atoms with Crippen LogP contribution in [0.25, 0.3) is 0 Å². The third-order valence-corrected chi connectivity index (χ3v) is 15.3. The lowest BCUT2D eigenvalue weighted by atomic mass is 10.1. The first-order valence-electron chi connectivity index (χ1n) is 36.1. The van der Waals surface area contributed by atoms with Crippen molar-refractivity contribution < 1.29 is 81.6 Å². The highest BCUT2D eigenvalue weighted by Crippen LogP contribution is 2.18. The fourth-order valence-corrected chi connectivity index (χ4v) is 8.76. The number of aromatic nitrogens is 4. The Hall–Kier alpha value is -14.6. The van der Waals surface area contributed by atoms with Crippen LogP contribution < -0.4 is 37.7 Å². The van der Waals surface area contributed by atoms with Crippen LogP contribution in [0, 0.1) is 0 Å². The summed E-state index contributed by atoms with van der Waals surface area (Å²) in [4.78, 5) is 194. The van der Waals surface area contributed by atoms with Gasteiger partial charge in [0.15, 0.2) is 34.7 Å². The standard InChI is InChI=1S/C17H18N4O2.C13H14N4O4.C13H11NO5.2C10H14N4O.2C10H10O2.CH4S/c1-11(13-4-6-14(7-5-13)12(2)22)20-21-16-9-8-15(10-19-16)17(23)18-3;1-8(2)15-16-10-4-3-9(7-14-10)13(20)21-17-11(18)5-6-12(17)19;1-8(15)9-2-4-10(5-3-9)13(18)19-14-11(16)6-7-12(14)17;2*1-7(2)13-14-9-5-4-8(6-12-9)10(15)11-3;2*1-7(11)9-3-5-10(6-4-9)8(2)12;1-2/h4-10H,1-3H3,(H,18,23)(H,19,21);3-4,7H,5-6H2,1-2H3,(H,14,16);2-5H,6-7H2,1H3;2*4-6H,1-3H3,(H,11,15)(H,12,14);2*3-6H,1-2H3;2H,1H3/b20-11+;;;;;;;. The Labute approximate surface area is 693 Å². The van der Waals surface area contributed by atoms with Gasteiger partial charge in [0.2, 0.25) is 0 Å². The lowest BCUT2D eigenvalue weighted by molar-refractivity contribution is -0.173. The number of hydroxylamine groups is 4. The van der Waals surface area contributed by atoms with E-state index in [1.807, 2.05) is 60.6 Å². The summed E-state index contributed by atoms with van der Waals surface area (Å²) in [6.45, 7) is 22.0. The predicted molar refractivity (Wildman–Crippen MR) is 454 cm³/mol. The van der Waals surface area contributed by atoms with Crippen LogP contribution in [0.3, 0.4) is 0 Å². The summed E-state index contributed by atoms with van der Waals surface area (Å²) in [7, 11) is 4.73. The fourth-order valence-electron chi connectivity index (χ4n) is 8.76. The fraction of sp³-hybridized carbons (Fsp3) is 0.250. The Morgan fingerprint density at radius 2 is 0.479 bits per heavy atom. The molecule has 35 heteroatoms. The van der Waals surface area contributed by atoms with Gasteiger partial charge in [-0.2, -0.15) is 33.0 Å². The molecule has 2 aliphatic heterocycles. The molecular weight excluding hydrogens is 1550 g/mol. The number of imide groups is 2. The van der Waals surface area contributed by atoms with Crippen LogP contribution >= 0.6 is 12.6 Å². The molecule has 0 unspecified atom stereocenters. The van der Waals surface area contributed by atoms with E-state index in [0.717, 1.165) is 28.4 Å². The van der Waals surface area contributed by atoms with Gasteiger partial charge in [-0.15, -0.1) is 10.1 Å². The molecule has 624 valence electrons. The second kappa shape index (κ2) is 51.3. The van der Waals surface area contributed by atoms with E-state index < -0.39 is 35.6 Å². The number of rotatable bonds is 22. The van der Waals surface area contributed by atoms with Crippen molar-refractivity contribution in [1.29, 1.82) is 0 Å². The molecule has 0 radical (unpaired) electrons. The van der Waals surface area contributed by atoms with Crippen LogP contribution in [0.4, 0.5) is 23.3 Å². The Kier molecular flexibility index (Phi) is 42.4. The van der Waals surface area contributed by atoms with Crippen molar-refractivity contribution in [3.8, 4) is 0 Å². The molecule has 0 saturated carbocycles. The summed E-state index contributed by atoms with van der Waals surface area (Å²) in [6.07, 6.45) is 7.67. The van der Waals surface area contributed by atoms with Crippen molar-refractivity contribution >= 4 is 147 Å². The maximum Gasteiger partial charge on any atom is 0.365 e. The third-order valence-electron chi connectivity index (χ3n) is 15.3. The van der Waals surface area contributed by atoms with E-state index in [0.29, 0.717) is 83.5 Å². The number of anilines is 4. The van der Waals surface area contributed by atoms with Gasteiger partial charge >= 0.3 is 11.9 Å². The largest absolute Gasteiger partial charge is 0.365 e. The molecule has 0 bridgehead atoms. The van der Waals surface area contributed by atoms with Crippen molar-refractivity contribution in [1.82, 2.24) is 46.0 Å². The molecule has 34 nitrogen and oxygen atoms in total. The second-order valence-corrected chi connectivity index (χ2v) is 25.4. The Morgan fingerprint density at radius 3 is 0.681 bits per heavy atom. The Morgan fingerprint density at radius 1 is 0.286 bits per heavy atom. The summed E-state index contributed by atoms with van der Waals surface area (Å²) in [6, 6.07) is 39.5. The molecule has 8 aromatic rings. The van der Waals surface area contributed by atoms with Crippen LogP contribution in [0.2, 0.25) is 0 Å². The number of carbonyl (C=O) groups is 15. The summed E-state index contributed by atoms with van der Waals surface area (Å²) >= 11 is 3.53. The van der Waals surface area contributed by atoms with Crippen molar-refractivity contribution in [2.45, 2.75) is 116 Å². The molecule has 6 heterocycles. The van der Waals surface area contributed by atoms with Crippen LogP contribution in [-0.4, -0.2) is 168 Å². The highest BCUT2D eigenvalue weighted by molar-refractivity contribution is 7.79. The monoisotopic (exact) mass is 1650 g/mol. The van der Waals surface area contributed by atoms with Gasteiger partial charge in [0.25, 0.3) is 41.4 Å². The molecule has 2 aliphatic rings. The highest BCUT2D eigenvalue weighted by Gasteiger charge is 2.34. The predicted octanol–water partition coefficient (Wildman–Crippen LogP) is 11.9. The zero-order chi connectivity index (χ0) is 89.0. The molecule has 4 aromatic heterocycles. The molecule has 7 amide bonds. The lowest BCUT2D eigenvalue weighted by Gasteiger charge is -2.12. The van der Waals surface area contributed by atoms with Crippen LogP contribution in [0.5, 0.6) is 0 Å². The van der Waals surface area contributed by atoms with E-state index in [9.17, 15) is 71.9 Å². The van der Waals surface area contributed by atoms with Gasteiger partial charge in [-0.1, -0.05) is 84.9 Å². The number of nitrogens with zero attached hydrogens (tertiary/aromatic N) is 10. The molecule has 0 atom stereocenters. The molecule has 119 heavy (non-hydrogen) atoms. The number of nitrogens with one attached hydrogen (secondary N) is 7. The van der Waals surface area contributed by atoms with Crippen molar-refractivity contribution in [2.75, 3.05) is 49.1 Å². The van der Waals surface area contributed by atoms with E-state index in [4.69, 9.17) is 9.68 Å². The topological polar surface area (TPSA) is 466 Å². The van der Waals surface area contributed by atoms with Gasteiger partial charge in [-0.05, 0) is 162 Å². The SMILES string of the molecule is CC(=O)c1ccc(C(=O)ON2C(=O)CCC2=O)cc1.CC(=O)c1ccc(C(C)=O)cc1.CC(=O)c1ccc(C(C)=O)cc1.CC(C)=NNc1ccc(C(=O)ON2C(=O)CCC2=O)cn1.CNC(=O)c1ccc(N/N=C(\C)c2ccc(C(C)=O)cc2)nc1.CNC(=O)c1ccc(NN=C(C)C)nc1.CNC(=O)c1ccc(NN=C(C)C)nc1.CS. The van der Waals surface area contributed by atoms with Crippen LogP contribution in [-0.2, 0) is 28.9 Å². The summed E-state index contributed by atoms with van der Waals surface area (Å²) < 4.78 is 0. The average Bonchev–Trinajstić information content (AvgIpc) is 1.77. The normalized spacial score (nSPS) is 11.3. The van der Waals surface area contributed by atoms with Gasteiger partial charge in [-0.25, -0.2) is 29.5 Å². The van der Waals surface area contributed by atoms with Gasteiger partial charge in [0, 0.05) is 122 Å². The number of ketones is 6. The first-order valence-corrected chi connectivity index (χ1v) is 37.0. The number of thiol groups is 1. The number of hydrogen-bond acceptors (Lipinski definition) is 30. The zero-order valence-electron chi connectivity index (χ0n) is 68.9. The highest BCUT2D eigenvalue weighted by atomic mass is 32.1. The number of carbonyl (C=O) groups excluding carboxylic acids is 15. The van der Waals surface area contributed by atoms with Crippen molar-refractivity contribution in [3.63, 3.8) is 0 Å². The number of benzene rings is 4. The number of hydrazone groups is 4. The molecule has 0 aliphatic carbocycles. The minimum atomic E-state index is -0.812. The number of pyridine rings is 4.